The molecule has 1 N–H and O–H groups in total. The van der Waals surface area contributed by atoms with Crippen LogP contribution in [0.2, 0.25) is 0 Å². The summed E-state index contributed by atoms with van der Waals surface area (Å²) in [7, 11) is 0. The normalized spacial score (nSPS) is 10.3. The average molecular weight is 302 g/mol. The van der Waals surface area contributed by atoms with Crippen LogP contribution in [0.4, 0.5) is 0 Å². The van der Waals surface area contributed by atoms with Crippen LogP contribution in [-0.2, 0) is 17.8 Å². The van der Waals surface area contributed by atoms with Crippen LogP contribution >= 0.6 is 11.8 Å². The maximum atomic E-state index is 10.7. The van der Waals surface area contributed by atoms with Crippen molar-refractivity contribution in [2.45, 2.75) is 25.0 Å². The highest BCUT2D eigenvalue weighted by Gasteiger charge is 2.13. The highest BCUT2D eigenvalue weighted by Crippen LogP contribution is 2.19. The number of rotatable bonds is 6. The number of nitrogens with zero attached hydrogens (tertiary/aromatic N) is 4. The molecule has 0 spiro atoms. The lowest BCUT2D eigenvalue weighted by atomic mass is 10.1. The Hall–Kier alpha value is -2.33. The van der Waals surface area contributed by atoms with Crippen LogP contribution in [0.25, 0.3) is 0 Å². The fraction of sp³-hybridized carbons (Fsp3) is 0.286. The molecule has 108 valence electrons. The van der Waals surface area contributed by atoms with E-state index >= 15 is 0 Å². The van der Waals surface area contributed by atoms with E-state index in [2.05, 4.69) is 16.3 Å². The monoisotopic (exact) mass is 302 g/mol. The van der Waals surface area contributed by atoms with Gasteiger partial charge in [-0.3, -0.25) is 4.79 Å². The first-order chi connectivity index (χ1) is 10.1. The first-order valence-corrected chi connectivity index (χ1v) is 7.38. The molecule has 0 saturated heterocycles. The van der Waals surface area contributed by atoms with E-state index in [0.29, 0.717) is 17.3 Å². The summed E-state index contributed by atoms with van der Waals surface area (Å²) >= 11 is 1.16. The molecule has 0 bridgehead atoms. The third kappa shape index (κ3) is 3.83. The molecular weight excluding hydrogens is 288 g/mol. The predicted molar refractivity (Wildman–Crippen MR) is 78.0 cm³/mol. The maximum Gasteiger partial charge on any atom is 0.313 e. The van der Waals surface area contributed by atoms with Gasteiger partial charge in [0.2, 0.25) is 0 Å². The first kappa shape index (κ1) is 15.1. The molecule has 0 aliphatic carbocycles. The van der Waals surface area contributed by atoms with Gasteiger partial charge in [0.1, 0.15) is 5.82 Å². The number of aryl methyl sites for hydroxylation is 1. The van der Waals surface area contributed by atoms with Crippen molar-refractivity contribution in [1.82, 2.24) is 14.8 Å². The molecule has 7 heteroatoms. The molecule has 2 aromatic rings. The minimum atomic E-state index is -0.883. The smallest absolute Gasteiger partial charge is 0.313 e. The van der Waals surface area contributed by atoms with Crippen molar-refractivity contribution in [3.63, 3.8) is 0 Å². The van der Waals surface area contributed by atoms with Crippen molar-refractivity contribution >= 4 is 17.7 Å². The van der Waals surface area contributed by atoms with E-state index in [1.165, 1.54) is 0 Å². The molecule has 0 aliphatic heterocycles. The van der Waals surface area contributed by atoms with Gasteiger partial charge in [0, 0.05) is 6.42 Å². The fourth-order valence-corrected chi connectivity index (χ4v) is 2.52. The van der Waals surface area contributed by atoms with Gasteiger partial charge in [-0.15, -0.1) is 10.2 Å². The van der Waals surface area contributed by atoms with Gasteiger partial charge in [-0.05, 0) is 17.7 Å². The van der Waals surface area contributed by atoms with Gasteiger partial charge in [0.15, 0.2) is 5.16 Å². The summed E-state index contributed by atoms with van der Waals surface area (Å²) in [5, 5.41) is 26.3. The predicted octanol–water partition coefficient (Wildman–Crippen LogP) is 1.94. The van der Waals surface area contributed by atoms with Crippen LogP contribution in [0.3, 0.4) is 0 Å². The number of hydrogen-bond acceptors (Lipinski definition) is 5. The number of aromatic nitrogens is 3. The standard InChI is InChI=1S/C14H14N4O2S/c1-2-12-16-17-14(21-9-13(19)20)18(12)8-11-5-3-10(7-15)4-6-11/h3-6H,2,8-9H2,1H3,(H,19,20). The van der Waals surface area contributed by atoms with E-state index in [4.69, 9.17) is 10.4 Å². The molecule has 1 heterocycles. The molecule has 0 amide bonds. The molecule has 6 nitrogen and oxygen atoms in total. The average Bonchev–Trinajstić information content (AvgIpc) is 2.88. The Kier molecular flexibility index (Phi) is 4.95. The SMILES string of the molecule is CCc1nnc(SCC(=O)O)n1Cc1ccc(C#N)cc1. The molecule has 0 saturated carbocycles. The Labute approximate surface area is 126 Å². The Bertz CT molecular complexity index is 673. The molecule has 2 rings (SSSR count). The molecule has 0 unspecified atom stereocenters. The quantitative estimate of drug-likeness (QED) is 0.820. The molecule has 1 aromatic heterocycles. The van der Waals surface area contributed by atoms with Crippen molar-refractivity contribution in [1.29, 1.82) is 5.26 Å². The van der Waals surface area contributed by atoms with E-state index < -0.39 is 5.97 Å². The van der Waals surface area contributed by atoms with Gasteiger partial charge in [0.05, 0.1) is 23.9 Å². The third-order valence-corrected chi connectivity index (χ3v) is 3.81. The lowest BCUT2D eigenvalue weighted by Gasteiger charge is -2.09. The summed E-state index contributed by atoms with van der Waals surface area (Å²) < 4.78 is 1.91. The number of carboxylic acid groups (broad SMARTS) is 1. The van der Waals surface area contributed by atoms with E-state index in [9.17, 15) is 4.79 Å². The molecule has 1 aromatic carbocycles. The fourth-order valence-electron chi connectivity index (χ4n) is 1.84. The molecule has 0 aliphatic rings. The molecule has 21 heavy (non-hydrogen) atoms. The minimum Gasteiger partial charge on any atom is -0.481 e. The Morgan fingerprint density at radius 3 is 2.67 bits per heavy atom. The van der Waals surface area contributed by atoms with Gasteiger partial charge in [-0.1, -0.05) is 30.8 Å². The van der Waals surface area contributed by atoms with Crippen molar-refractivity contribution in [3.05, 3.63) is 41.2 Å². The lowest BCUT2D eigenvalue weighted by Crippen LogP contribution is -2.07. The second-order valence-corrected chi connectivity index (χ2v) is 5.27. The summed E-state index contributed by atoms with van der Waals surface area (Å²) in [5.74, 6) is -0.118. The van der Waals surface area contributed by atoms with Gasteiger partial charge in [-0.2, -0.15) is 5.26 Å². The Balaban J connectivity index is 2.22. The maximum absolute atomic E-state index is 10.7. The van der Waals surface area contributed by atoms with Crippen molar-refractivity contribution in [2.75, 3.05) is 5.75 Å². The third-order valence-electron chi connectivity index (χ3n) is 2.86. The van der Waals surface area contributed by atoms with Crippen molar-refractivity contribution in [2.24, 2.45) is 0 Å². The Morgan fingerprint density at radius 1 is 1.38 bits per heavy atom. The Morgan fingerprint density at radius 2 is 2.10 bits per heavy atom. The largest absolute Gasteiger partial charge is 0.481 e. The number of carboxylic acids is 1. The number of nitriles is 1. The highest BCUT2D eigenvalue weighted by molar-refractivity contribution is 7.99. The topological polar surface area (TPSA) is 91.8 Å². The first-order valence-electron chi connectivity index (χ1n) is 6.39. The summed E-state index contributed by atoms with van der Waals surface area (Å²) in [5.41, 5.74) is 1.62. The zero-order chi connectivity index (χ0) is 15.2. The van der Waals surface area contributed by atoms with E-state index in [0.717, 1.165) is 29.6 Å². The number of hydrogen-bond donors (Lipinski definition) is 1. The number of aliphatic carboxylic acids is 1. The van der Waals surface area contributed by atoms with Gasteiger partial charge in [-0.25, -0.2) is 0 Å². The van der Waals surface area contributed by atoms with Crippen LogP contribution in [-0.4, -0.2) is 31.6 Å². The van der Waals surface area contributed by atoms with Crippen LogP contribution < -0.4 is 0 Å². The van der Waals surface area contributed by atoms with Crippen LogP contribution in [0.1, 0.15) is 23.9 Å². The number of carbonyl (C=O) groups is 1. The second-order valence-electron chi connectivity index (χ2n) is 4.33. The van der Waals surface area contributed by atoms with E-state index in [1.54, 1.807) is 12.1 Å². The van der Waals surface area contributed by atoms with Crippen LogP contribution in [0.5, 0.6) is 0 Å². The minimum absolute atomic E-state index is 0.0464. The summed E-state index contributed by atoms with van der Waals surface area (Å²) in [6.45, 7) is 2.54. The van der Waals surface area contributed by atoms with Crippen molar-refractivity contribution in [3.8, 4) is 6.07 Å². The van der Waals surface area contributed by atoms with E-state index in [1.807, 2.05) is 23.6 Å². The lowest BCUT2D eigenvalue weighted by molar-refractivity contribution is -0.133. The second kappa shape index (κ2) is 6.90. The van der Waals surface area contributed by atoms with Gasteiger partial charge in [0.25, 0.3) is 0 Å². The summed E-state index contributed by atoms with van der Waals surface area (Å²) in [4.78, 5) is 10.7. The van der Waals surface area contributed by atoms with Crippen molar-refractivity contribution < 1.29 is 9.90 Å². The van der Waals surface area contributed by atoms with Crippen LogP contribution in [0, 0.1) is 11.3 Å². The van der Waals surface area contributed by atoms with E-state index in [-0.39, 0.29) is 5.75 Å². The van der Waals surface area contributed by atoms with Gasteiger partial charge < -0.3 is 9.67 Å². The molecule has 0 radical (unpaired) electrons. The van der Waals surface area contributed by atoms with Gasteiger partial charge >= 0.3 is 5.97 Å². The molecular formula is C14H14N4O2S. The zero-order valence-corrected chi connectivity index (χ0v) is 12.3. The highest BCUT2D eigenvalue weighted by atomic mass is 32.2. The molecule has 0 fully saturated rings. The number of benzene rings is 1. The zero-order valence-electron chi connectivity index (χ0n) is 11.5. The molecule has 0 atom stereocenters. The summed E-state index contributed by atoms with van der Waals surface area (Å²) in [6.07, 6.45) is 0.719. The summed E-state index contributed by atoms with van der Waals surface area (Å²) in [6, 6.07) is 9.35. The number of thioether (sulfide) groups is 1. The van der Waals surface area contributed by atoms with Crippen LogP contribution in [0.15, 0.2) is 29.4 Å².